The minimum atomic E-state index is -0.208. The maximum Gasteiger partial charge on any atom is 0.243 e. The molecule has 1 atom stereocenters. The lowest BCUT2D eigenvalue weighted by Crippen LogP contribution is -2.43. The van der Waals surface area contributed by atoms with Gasteiger partial charge in [-0.3, -0.25) is 4.79 Å². The summed E-state index contributed by atoms with van der Waals surface area (Å²) in [5.74, 6) is 1.48. The lowest BCUT2D eigenvalue weighted by molar-refractivity contribution is -0.127. The number of imidazole rings is 1. The highest BCUT2D eigenvalue weighted by Crippen LogP contribution is 2.38. The number of fused-ring (bicyclic) bond motifs is 1. The number of nitrogens with zero attached hydrogens (tertiary/aromatic N) is 2. The van der Waals surface area contributed by atoms with Crippen molar-refractivity contribution < 1.29 is 4.79 Å². The quantitative estimate of drug-likeness (QED) is 0.453. The summed E-state index contributed by atoms with van der Waals surface area (Å²) in [6.45, 7) is 2.18. The molecule has 33 heavy (non-hydrogen) atoms. The Morgan fingerprint density at radius 2 is 1.61 bits per heavy atom. The molecule has 2 aliphatic rings. The van der Waals surface area contributed by atoms with E-state index in [9.17, 15) is 4.79 Å². The Kier molecular flexibility index (Phi) is 6.80. The van der Waals surface area contributed by atoms with Crippen molar-refractivity contribution in [2.45, 2.75) is 89.6 Å². The van der Waals surface area contributed by atoms with Gasteiger partial charge in [-0.15, -0.1) is 0 Å². The SMILES string of the molecule is CCc1ccc(-c2nc3ccccc3n2C(C(=O)NC2CCCCC2)C2CCCCC2)cc1. The van der Waals surface area contributed by atoms with Crippen LogP contribution in [0.25, 0.3) is 22.4 Å². The zero-order valence-corrected chi connectivity index (χ0v) is 19.9. The Morgan fingerprint density at radius 1 is 0.939 bits per heavy atom. The van der Waals surface area contributed by atoms with Crippen LogP contribution in [0.1, 0.15) is 82.7 Å². The molecule has 1 aromatic heterocycles. The summed E-state index contributed by atoms with van der Waals surface area (Å²) in [6, 6.07) is 17.2. The van der Waals surface area contributed by atoms with Gasteiger partial charge in [0.05, 0.1) is 11.0 Å². The number of benzene rings is 2. The largest absolute Gasteiger partial charge is 0.352 e. The molecular formula is C29H37N3O. The first-order valence-corrected chi connectivity index (χ1v) is 13.1. The van der Waals surface area contributed by atoms with Crippen molar-refractivity contribution >= 4 is 16.9 Å². The molecule has 174 valence electrons. The number of carbonyl (C=O) groups excluding carboxylic acids is 1. The van der Waals surface area contributed by atoms with Crippen LogP contribution in [0.3, 0.4) is 0 Å². The van der Waals surface area contributed by atoms with Gasteiger partial charge in [0.1, 0.15) is 11.9 Å². The molecule has 4 nitrogen and oxygen atoms in total. The molecule has 0 spiro atoms. The van der Waals surface area contributed by atoms with Crippen molar-refractivity contribution in [1.29, 1.82) is 0 Å². The Balaban J connectivity index is 1.60. The third-order valence-corrected chi connectivity index (χ3v) is 7.81. The first kappa shape index (κ1) is 22.2. The molecule has 0 bridgehead atoms. The molecule has 0 radical (unpaired) electrons. The first-order chi connectivity index (χ1) is 16.2. The maximum atomic E-state index is 14.0. The summed E-state index contributed by atoms with van der Waals surface area (Å²) in [4.78, 5) is 19.0. The standard InChI is InChI=1S/C29H37N3O/c1-2-21-17-19-23(20-18-21)28-31-25-15-9-10-16-26(25)32(28)27(22-11-5-3-6-12-22)29(33)30-24-13-7-4-8-14-24/h9-10,15-20,22,24,27H,2-8,11-14H2,1H3,(H,30,33). The third kappa shape index (κ3) is 4.71. The number of amides is 1. The Morgan fingerprint density at radius 3 is 2.30 bits per heavy atom. The van der Waals surface area contributed by atoms with Gasteiger partial charge in [-0.2, -0.15) is 0 Å². The van der Waals surface area contributed by atoms with Gasteiger partial charge in [0.15, 0.2) is 0 Å². The summed E-state index contributed by atoms with van der Waals surface area (Å²) in [5, 5.41) is 3.48. The van der Waals surface area contributed by atoms with Crippen molar-refractivity contribution in [2.24, 2.45) is 5.92 Å². The smallest absolute Gasteiger partial charge is 0.243 e. The molecule has 2 aromatic carbocycles. The second-order valence-corrected chi connectivity index (χ2v) is 10.0. The normalized spacial score (nSPS) is 18.9. The third-order valence-electron chi connectivity index (χ3n) is 7.81. The van der Waals surface area contributed by atoms with Crippen LogP contribution in [0.15, 0.2) is 48.5 Å². The van der Waals surface area contributed by atoms with Gasteiger partial charge < -0.3 is 9.88 Å². The fourth-order valence-corrected chi connectivity index (χ4v) is 5.94. The molecule has 1 unspecified atom stereocenters. The molecule has 2 saturated carbocycles. The van der Waals surface area contributed by atoms with Gasteiger partial charge in [-0.05, 0) is 55.7 Å². The monoisotopic (exact) mass is 443 g/mol. The zero-order valence-electron chi connectivity index (χ0n) is 19.9. The highest BCUT2D eigenvalue weighted by molar-refractivity contribution is 5.87. The number of hydrogen-bond acceptors (Lipinski definition) is 2. The van der Waals surface area contributed by atoms with E-state index in [4.69, 9.17) is 4.98 Å². The predicted octanol–water partition coefficient (Wildman–Crippen LogP) is 6.84. The maximum absolute atomic E-state index is 14.0. The van der Waals surface area contributed by atoms with E-state index < -0.39 is 0 Å². The molecule has 1 heterocycles. The molecule has 1 amide bonds. The summed E-state index contributed by atoms with van der Waals surface area (Å²) < 4.78 is 2.28. The van der Waals surface area contributed by atoms with E-state index in [-0.39, 0.29) is 11.9 Å². The molecule has 0 aliphatic heterocycles. The van der Waals surface area contributed by atoms with Crippen LogP contribution < -0.4 is 5.32 Å². The highest BCUT2D eigenvalue weighted by atomic mass is 16.2. The van der Waals surface area contributed by atoms with Crippen molar-refractivity contribution in [3.63, 3.8) is 0 Å². The van der Waals surface area contributed by atoms with Crippen molar-refractivity contribution in [3.8, 4) is 11.4 Å². The Labute approximate surface area is 197 Å². The molecule has 4 heteroatoms. The summed E-state index contributed by atoms with van der Waals surface area (Å²) >= 11 is 0. The second-order valence-electron chi connectivity index (χ2n) is 10.0. The van der Waals surface area contributed by atoms with Gasteiger partial charge in [-0.25, -0.2) is 4.98 Å². The lowest BCUT2D eigenvalue weighted by Gasteiger charge is -2.33. The molecule has 2 aliphatic carbocycles. The van der Waals surface area contributed by atoms with Crippen molar-refractivity contribution in [3.05, 3.63) is 54.1 Å². The van der Waals surface area contributed by atoms with Crippen LogP contribution in [0, 0.1) is 5.92 Å². The summed E-state index contributed by atoms with van der Waals surface area (Å²) in [6.07, 6.45) is 12.9. The van der Waals surface area contributed by atoms with Crippen LogP contribution in [0.4, 0.5) is 0 Å². The number of carbonyl (C=O) groups is 1. The van der Waals surface area contributed by atoms with Crippen LogP contribution in [0.2, 0.25) is 0 Å². The number of para-hydroxylation sites is 2. The van der Waals surface area contributed by atoms with Gasteiger partial charge in [0.2, 0.25) is 5.91 Å². The van der Waals surface area contributed by atoms with E-state index in [1.165, 1.54) is 44.1 Å². The number of aromatic nitrogens is 2. The van der Waals surface area contributed by atoms with E-state index in [1.54, 1.807) is 0 Å². The minimum absolute atomic E-state index is 0.198. The average molecular weight is 444 g/mol. The average Bonchev–Trinajstić information content (AvgIpc) is 3.25. The lowest BCUT2D eigenvalue weighted by atomic mass is 9.82. The fourth-order valence-electron chi connectivity index (χ4n) is 5.94. The molecular weight excluding hydrogens is 406 g/mol. The van der Waals surface area contributed by atoms with Crippen LogP contribution >= 0.6 is 0 Å². The molecule has 5 rings (SSSR count). The fraction of sp³-hybridized carbons (Fsp3) is 0.517. The van der Waals surface area contributed by atoms with Crippen LogP contribution in [-0.4, -0.2) is 21.5 Å². The minimum Gasteiger partial charge on any atom is -0.352 e. The zero-order chi connectivity index (χ0) is 22.6. The molecule has 1 N–H and O–H groups in total. The number of rotatable bonds is 6. The van der Waals surface area contributed by atoms with Gasteiger partial charge in [0, 0.05) is 11.6 Å². The van der Waals surface area contributed by atoms with Crippen molar-refractivity contribution in [2.75, 3.05) is 0 Å². The van der Waals surface area contributed by atoms with Gasteiger partial charge in [0.25, 0.3) is 0 Å². The Hall–Kier alpha value is -2.62. The van der Waals surface area contributed by atoms with E-state index >= 15 is 0 Å². The molecule has 2 fully saturated rings. The topological polar surface area (TPSA) is 46.9 Å². The summed E-state index contributed by atoms with van der Waals surface area (Å²) in [7, 11) is 0. The molecule has 3 aromatic rings. The van der Waals surface area contributed by atoms with E-state index in [1.807, 2.05) is 6.07 Å². The number of hydrogen-bond donors (Lipinski definition) is 1. The van der Waals surface area contributed by atoms with E-state index in [2.05, 4.69) is 59.3 Å². The highest BCUT2D eigenvalue weighted by Gasteiger charge is 2.35. The van der Waals surface area contributed by atoms with Gasteiger partial charge in [-0.1, -0.05) is 81.8 Å². The van der Waals surface area contributed by atoms with E-state index in [0.717, 1.165) is 54.5 Å². The first-order valence-electron chi connectivity index (χ1n) is 13.1. The van der Waals surface area contributed by atoms with Crippen molar-refractivity contribution in [1.82, 2.24) is 14.9 Å². The van der Waals surface area contributed by atoms with Crippen LogP contribution in [-0.2, 0) is 11.2 Å². The van der Waals surface area contributed by atoms with Crippen LogP contribution in [0.5, 0.6) is 0 Å². The summed E-state index contributed by atoms with van der Waals surface area (Å²) in [5.41, 5.74) is 4.45. The second kappa shape index (κ2) is 10.1. The molecule has 0 saturated heterocycles. The Bertz CT molecular complexity index is 1070. The van der Waals surface area contributed by atoms with E-state index in [0.29, 0.717) is 12.0 Å². The number of aryl methyl sites for hydroxylation is 1. The predicted molar refractivity (Wildman–Crippen MR) is 135 cm³/mol. The number of nitrogens with one attached hydrogen (secondary N) is 1. The van der Waals surface area contributed by atoms with Gasteiger partial charge >= 0.3 is 0 Å².